The number of hydrogen-bond donors (Lipinski definition) is 2. The van der Waals surface area contributed by atoms with E-state index in [1.807, 2.05) is 42.5 Å². The molecule has 1 aliphatic rings. The van der Waals surface area contributed by atoms with Gasteiger partial charge in [-0.15, -0.1) is 0 Å². The molecule has 1 saturated heterocycles. The first-order valence-corrected chi connectivity index (χ1v) is 12.5. The van der Waals surface area contributed by atoms with Gasteiger partial charge in [-0.1, -0.05) is 48.5 Å². The van der Waals surface area contributed by atoms with E-state index in [0.29, 0.717) is 16.7 Å². The Bertz CT molecular complexity index is 1470. The lowest BCUT2D eigenvalue weighted by Crippen LogP contribution is -2.37. The van der Waals surface area contributed by atoms with Gasteiger partial charge in [0.25, 0.3) is 0 Å². The van der Waals surface area contributed by atoms with Gasteiger partial charge in [0.1, 0.15) is 0 Å². The van der Waals surface area contributed by atoms with Gasteiger partial charge in [-0.3, -0.25) is 14.2 Å². The van der Waals surface area contributed by atoms with Gasteiger partial charge in [-0.25, -0.2) is 4.79 Å². The minimum absolute atomic E-state index is 0. The highest BCUT2D eigenvalue weighted by atomic mass is 32.1. The fourth-order valence-corrected chi connectivity index (χ4v) is 4.95. The summed E-state index contributed by atoms with van der Waals surface area (Å²) in [5.74, 6) is -1.12. The standard InChI is InChI=1S/C29H30N4O4.H2S/c30-28(35)23-10-6-7-21(15-23)18-33-25-16-20(11-12-26(25)37-29(33)36)17-27(34)31-24(19-32-13-4-5-14-32)22-8-2-1-3-9-22;/h1-3,6-12,15-16,24H,4-5,13-14,17-19H2,(H2,30,35)(H,31,34);1H2/t24-;/m1./s1. The maximum Gasteiger partial charge on any atom is 0.420 e. The molecule has 1 atom stereocenters. The van der Waals surface area contributed by atoms with Crippen LogP contribution < -0.4 is 16.8 Å². The van der Waals surface area contributed by atoms with Crippen LogP contribution in [-0.4, -0.2) is 40.9 Å². The SMILES string of the molecule is NC(=O)c1cccc(Cn2c(=O)oc3ccc(CC(=O)N[C@H](CN4CCCC4)c4ccccc4)cc32)c1.S. The molecule has 0 aliphatic carbocycles. The largest absolute Gasteiger partial charge is 0.420 e. The average Bonchev–Trinajstić information content (AvgIpc) is 3.52. The lowest BCUT2D eigenvalue weighted by molar-refractivity contribution is -0.121. The highest BCUT2D eigenvalue weighted by Crippen LogP contribution is 2.20. The number of nitrogens with two attached hydrogens (primary N) is 1. The van der Waals surface area contributed by atoms with Gasteiger partial charge in [0, 0.05) is 12.1 Å². The molecule has 1 aliphatic heterocycles. The van der Waals surface area contributed by atoms with E-state index in [-0.39, 0.29) is 38.4 Å². The number of amides is 2. The van der Waals surface area contributed by atoms with E-state index in [1.54, 1.807) is 30.3 Å². The van der Waals surface area contributed by atoms with E-state index in [4.69, 9.17) is 10.2 Å². The Balaban J connectivity index is 0.00000336. The average molecular weight is 533 g/mol. The zero-order valence-electron chi connectivity index (χ0n) is 21.1. The summed E-state index contributed by atoms with van der Waals surface area (Å²) >= 11 is 0. The third kappa shape index (κ3) is 6.35. The molecule has 8 nitrogen and oxygen atoms in total. The highest BCUT2D eigenvalue weighted by molar-refractivity contribution is 7.59. The molecule has 198 valence electrons. The van der Waals surface area contributed by atoms with Crippen LogP contribution in [0.3, 0.4) is 0 Å². The first-order chi connectivity index (χ1) is 18.0. The number of aromatic nitrogens is 1. The predicted molar refractivity (Wildman–Crippen MR) is 152 cm³/mol. The molecule has 38 heavy (non-hydrogen) atoms. The van der Waals surface area contributed by atoms with Crippen LogP contribution in [0.15, 0.2) is 82.0 Å². The van der Waals surface area contributed by atoms with Crippen molar-refractivity contribution in [3.8, 4) is 0 Å². The molecule has 0 bridgehead atoms. The van der Waals surface area contributed by atoms with E-state index in [9.17, 15) is 14.4 Å². The quantitative estimate of drug-likeness (QED) is 0.344. The van der Waals surface area contributed by atoms with Gasteiger partial charge in [-0.2, -0.15) is 13.5 Å². The van der Waals surface area contributed by atoms with Crippen molar-refractivity contribution in [3.63, 3.8) is 0 Å². The summed E-state index contributed by atoms with van der Waals surface area (Å²) in [7, 11) is 0. The van der Waals surface area contributed by atoms with Crippen LogP contribution in [0.1, 0.15) is 45.9 Å². The Hall–Kier alpha value is -3.82. The number of benzene rings is 3. The summed E-state index contributed by atoms with van der Waals surface area (Å²) in [4.78, 5) is 39.6. The van der Waals surface area contributed by atoms with Crippen molar-refractivity contribution < 1.29 is 14.0 Å². The second kappa shape index (κ2) is 12.1. The number of fused-ring (bicyclic) bond motifs is 1. The maximum atomic E-state index is 13.1. The minimum Gasteiger partial charge on any atom is -0.408 e. The molecule has 0 saturated carbocycles. The molecule has 3 N–H and O–H groups in total. The predicted octanol–water partition coefficient (Wildman–Crippen LogP) is 3.35. The Morgan fingerprint density at radius 3 is 2.45 bits per heavy atom. The maximum absolute atomic E-state index is 13.1. The van der Waals surface area contributed by atoms with Gasteiger partial charge < -0.3 is 20.4 Å². The molecular weight excluding hydrogens is 500 g/mol. The van der Waals surface area contributed by atoms with Crippen molar-refractivity contribution in [1.82, 2.24) is 14.8 Å². The second-order valence-electron chi connectivity index (χ2n) is 9.54. The summed E-state index contributed by atoms with van der Waals surface area (Å²) < 4.78 is 6.91. The zero-order chi connectivity index (χ0) is 25.8. The molecule has 0 radical (unpaired) electrons. The molecule has 4 aromatic rings. The number of nitrogens with zero attached hydrogens (tertiary/aromatic N) is 2. The van der Waals surface area contributed by atoms with E-state index >= 15 is 0 Å². The Labute approximate surface area is 227 Å². The lowest BCUT2D eigenvalue weighted by atomic mass is 10.1. The fraction of sp³-hybridized carbons (Fsp3) is 0.276. The summed E-state index contributed by atoms with van der Waals surface area (Å²) in [6, 6.07) is 22.1. The van der Waals surface area contributed by atoms with Crippen molar-refractivity contribution in [3.05, 3.63) is 106 Å². The Kier molecular flexibility index (Phi) is 8.70. The van der Waals surface area contributed by atoms with Crippen LogP contribution in [0, 0.1) is 0 Å². The van der Waals surface area contributed by atoms with Crippen LogP contribution >= 0.6 is 13.5 Å². The number of likely N-dealkylation sites (tertiary alicyclic amines) is 1. The van der Waals surface area contributed by atoms with Gasteiger partial charge >= 0.3 is 5.76 Å². The monoisotopic (exact) mass is 532 g/mol. The van der Waals surface area contributed by atoms with E-state index < -0.39 is 11.7 Å². The molecule has 5 rings (SSSR count). The van der Waals surface area contributed by atoms with Gasteiger partial charge in [0.15, 0.2) is 5.58 Å². The van der Waals surface area contributed by atoms with Crippen LogP contribution in [0.5, 0.6) is 0 Å². The summed E-state index contributed by atoms with van der Waals surface area (Å²) in [5.41, 5.74) is 9.41. The summed E-state index contributed by atoms with van der Waals surface area (Å²) in [5, 5.41) is 3.22. The topological polar surface area (TPSA) is 111 Å². The van der Waals surface area contributed by atoms with Crippen molar-refractivity contribution in [2.24, 2.45) is 5.73 Å². The zero-order valence-corrected chi connectivity index (χ0v) is 22.1. The number of nitrogens with one attached hydrogen (secondary N) is 1. The smallest absolute Gasteiger partial charge is 0.408 e. The molecule has 0 spiro atoms. The van der Waals surface area contributed by atoms with Crippen molar-refractivity contribution in [2.45, 2.75) is 31.8 Å². The molecule has 1 aromatic heterocycles. The van der Waals surface area contributed by atoms with Gasteiger partial charge in [-0.05, 0) is 66.9 Å². The lowest BCUT2D eigenvalue weighted by Gasteiger charge is -2.25. The minimum atomic E-state index is -0.530. The number of primary amides is 1. The number of carbonyl (C=O) groups excluding carboxylic acids is 2. The first kappa shape index (κ1) is 27.2. The molecule has 3 aromatic carbocycles. The molecule has 2 amide bonds. The fourth-order valence-electron chi connectivity index (χ4n) is 4.95. The third-order valence-electron chi connectivity index (χ3n) is 6.83. The van der Waals surface area contributed by atoms with Crippen LogP contribution in [-0.2, 0) is 17.8 Å². The van der Waals surface area contributed by atoms with Crippen LogP contribution in [0.2, 0.25) is 0 Å². The highest BCUT2D eigenvalue weighted by Gasteiger charge is 2.21. The van der Waals surface area contributed by atoms with Crippen LogP contribution in [0.4, 0.5) is 0 Å². The van der Waals surface area contributed by atoms with E-state index in [2.05, 4.69) is 10.2 Å². The molecule has 0 unspecified atom stereocenters. The summed E-state index contributed by atoms with van der Waals surface area (Å²) in [6.45, 7) is 3.10. The number of oxazole rings is 1. The van der Waals surface area contributed by atoms with E-state index in [1.165, 1.54) is 17.4 Å². The number of carbonyl (C=O) groups is 2. The first-order valence-electron chi connectivity index (χ1n) is 12.5. The van der Waals surface area contributed by atoms with Gasteiger partial charge in [0.2, 0.25) is 11.8 Å². The second-order valence-corrected chi connectivity index (χ2v) is 9.54. The van der Waals surface area contributed by atoms with Crippen molar-refractivity contribution in [2.75, 3.05) is 19.6 Å². The Morgan fingerprint density at radius 1 is 0.947 bits per heavy atom. The normalized spacial score (nSPS) is 14.2. The van der Waals surface area contributed by atoms with E-state index in [0.717, 1.165) is 36.3 Å². The third-order valence-corrected chi connectivity index (χ3v) is 6.83. The molecule has 2 heterocycles. The molecular formula is C29H32N4O4S. The van der Waals surface area contributed by atoms with Crippen molar-refractivity contribution in [1.29, 1.82) is 0 Å². The van der Waals surface area contributed by atoms with Crippen LogP contribution in [0.25, 0.3) is 11.1 Å². The molecule has 1 fully saturated rings. The summed E-state index contributed by atoms with van der Waals surface area (Å²) in [6.07, 6.45) is 2.55. The molecule has 9 heteroatoms. The number of rotatable bonds is 9. The van der Waals surface area contributed by atoms with Gasteiger partial charge in [0.05, 0.1) is 24.5 Å². The number of hydrogen-bond acceptors (Lipinski definition) is 5. The Morgan fingerprint density at radius 2 is 1.71 bits per heavy atom. The van der Waals surface area contributed by atoms with Crippen molar-refractivity contribution >= 4 is 36.4 Å².